The summed E-state index contributed by atoms with van der Waals surface area (Å²) in [4.78, 5) is 45.9. The minimum atomic E-state index is -0.967. The Labute approximate surface area is 248 Å². The number of hydrogen-bond donors (Lipinski definition) is 1. The van der Waals surface area contributed by atoms with E-state index in [0.717, 1.165) is 84.0 Å². The lowest BCUT2D eigenvalue weighted by molar-refractivity contribution is -0.128. The SMILES string of the molecule is CCCCc1nc2c(n1Cc1ccc(-c3ccc(Br)cc3C(=O)O)cc1)CC(=NC(=O)[C@@H]1CCCC[C@@H]1C=O)C=C2. The van der Waals surface area contributed by atoms with E-state index < -0.39 is 5.97 Å². The number of aromatic carboxylic acids is 1. The Bertz CT molecular complexity index is 1520. The Morgan fingerprint density at radius 1 is 1.12 bits per heavy atom. The number of halogens is 1. The van der Waals surface area contributed by atoms with Gasteiger partial charge in [0.15, 0.2) is 0 Å². The van der Waals surface area contributed by atoms with Gasteiger partial charge in [-0.25, -0.2) is 14.8 Å². The van der Waals surface area contributed by atoms with Crippen molar-refractivity contribution < 1.29 is 19.5 Å². The van der Waals surface area contributed by atoms with E-state index >= 15 is 0 Å². The molecular weight excluding hydrogens is 582 g/mol. The number of unbranched alkanes of at least 4 members (excludes halogenated alkanes) is 1. The van der Waals surface area contributed by atoms with E-state index in [1.54, 1.807) is 6.07 Å². The molecule has 8 heteroatoms. The highest BCUT2D eigenvalue weighted by molar-refractivity contribution is 9.10. The molecule has 1 heterocycles. The van der Waals surface area contributed by atoms with E-state index in [0.29, 0.717) is 24.2 Å². The number of aldehydes is 1. The van der Waals surface area contributed by atoms with E-state index in [4.69, 9.17) is 4.98 Å². The quantitative estimate of drug-likeness (QED) is 0.263. The van der Waals surface area contributed by atoms with Crippen LogP contribution in [0.2, 0.25) is 0 Å². The van der Waals surface area contributed by atoms with Gasteiger partial charge in [-0.3, -0.25) is 4.79 Å². The van der Waals surface area contributed by atoms with E-state index in [1.165, 1.54) is 0 Å². The highest BCUT2D eigenvalue weighted by Crippen LogP contribution is 2.31. The summed E-state index contributed by atoms with van der Waals surface area (Å²) in [6, 6.07) is 13.2. The zero-order valence-electron chi connectivity index (χ0n) is 23.2. The summed E-state index contributed by atoms with van der Waals surface area (Å²) in [5.41, 5.74) is 5.47. The van der Waals surface area contributed by atoms with Crippen molar-refractivity contribution in [3.63, 3.8) is 0 Å². The average Bonchev–Trinajstić information content (AvgIpc) is 3.32. The molecule has 2 atom stereocenters. The molecule has 0 aliphatic heterocycles. The van der Waals surface area contributed by atoms with Gasteiger partial charge in [0, 0.05) is 35.7 Å². The van der Waals surface area contributed by atoms with Crippen molar-refractivity contribution in [2.45, 2.75) is 64.8 Å². The first kappa shape index (κ1) is 28.9. The minimum absolute atomic E-state index is 0.188. The fourth-order valence-corrected chi connectivity index (χ4v) is 6.20. The summed E-state index contributed by atoms with van der Waals surface area (Å²) in [7, 11) is 0. The first-order valence-electron chi connectivity index (χ1n) is 14.3. The summed E-state index contributed by atoms with van der Waals surface area (Å²) in [6.45, 7) is 2.77. The number of aromatic nitrogens is 2. The van der Waals surface area contributed by atoms with Crippen molar-refractivity contribution in [1.29, 1.82) is 0 Å². The molecule has 0 unspecified atom stereocenters. The standard InChI is InChI=1S/C33H34BrN3O4/c1-2-3-8-31-36-29-16-14-25(35-32(39)27-7-5-4-6-23(27)20-38)18-30(29)37(31)19-21-9-11-22(12-10-21)26-15-13-24(34)17-28(26)33(40)41/h9-17,20,23,27H,2-8,18-19H2,1H3,(H,40,41)/t23-,27-/m1/s1. The predicted molar refractivity (Wildman–Crippen MR) is 163 cm³/mol. The molecule has 2 aliphatic carbocycles. The van der Waals surface area contributed by atoms with Crippen LogP contribution in [-0.4, -0.2) is 38.5 Å². The molecule has 0 radical (unpaired) electrons. The molecule has 41 heavy (non-hydrogen) atoms. The van der Waals surface area contributed by atoms with Gasteiger partial charge in [0.05, 0.1) is 22.7 Å². The van der Waals surface area contributed by atoms with Crippen LogP contribution in [0.4, 0.5) is 0 Å². The van der Waals surface area contributed by atoms with Crippen LogP contribution in [0.25, 0.3) is 17.2 Å². The second kappa shape index (κ2) is 12.9. The van der Waals surface area contributed by atoms with Gasteiger partial charge in [-0.15, -0.1) is 0 Å². The van der Waals surface area contributed by atoms with Gasteiger partial charge in [0.25, 0.3) is 0 Å². The average molecular weight is 617 g/mol. The predicted octanol–water partition coefficient (Wildman–Crippen LogP) is 6.94. The summed E-state index contributed by atoms with van der Waals surface area (Å²) in [6.07, 6.45) is 11.6. The lowest BCUT2D eigenvalue weighted by Gasteiger charge is -2.25. The molecule has 0 spiro atoms. The third-order valence-electron chi connectivity index (χ3n) is 8.10. The Kier molecular flexibility index (Phi) is 9.08. The Morgan fingerprint density at radius 3 is 2.63 bits per heavy atom. The number of fused-ring (bicyclic) bond motifs is 1. The lowest BCUT2D eigenvalue weighted by Crippen LogP contribution is -2.28. The molecule has 1 N–H and O–H groups in total. The monoisotopic (exact) mass is 615 g/mol. The van der Waals surface area contributed by atoms with Crippen LogP contribution in [-0.2, 0) is 29.0 Å². The van der Waals surface area contributed by atoms with Crippen LogP contribution in [0.5, 0.6) is 0 Å². The van der Waals surface area contributed by atoms with Crippen molar-refractivity contribution in [3.8, 4) is 11.1 Å². The number of carbonyl (C=O) groups is 3. The number of allylic oxidation sites excluding steroid dienone is 1. The number of aryl methyl sites for hydroxylation is 1. The molecule has 7 nitrogen and oxygen atoms in total. The summed E-state index contributed by atoms with van der Waals surface area (Å²) < 4.78 is 2.96. The Hall–Kier alpha value is -3.65. The molecule has 1 amide bonds. The molecule has 3 aromatic rings. The number of carboxylic acid groups (broad SMARTS) is 1. The van der Waals surface area contributed by atoms with Crippen molar-refractivity contribution in [2.75, 3.05) is 0 Å². The van der Waals surface area contributed by atoms with Crippen LogP contribution in [0.1, 0.15) is 78.6 Å². The summed E-state index contributed by atoms with van der Waals surface area (Å²) in [5.74, 6) is -0.703. The van der Waals surface area contributed by atoms with Crippen LogP contribution in [0.15, 0.2) is 58.0 Å². The molecule has 5 rings (SSSR count). The third kappa shape index (κ3) is 6.48. The van der Waals surface area contributed by atoms with Gasteiger partial charge < -0.3 is 14.5 Å². The van der Waals surface area contributed by atoms with Gasteiger partial charge in [-0.1, -0.05) is 72.4 Å². The number of amides is 1. The van der Waals surface area contributed by atoms with Crippen LogP contribution < -0.4 is 0 Å². The van der Waals surface area contributed by atoms with E-state index in [9.17, 15) is 19.5 Å². The fraction of sp³-hybridized carbons (Fsp3) is 0.364. The number of imidazole rings is 1. The molecule has 1 fully saturated rings. The van der Waals surface area contributed by atoms with E-state index in [-0.39, 0.29) is 23.3 Å². The molecule has 0 bridgehead atoms. The van der Waals surface area contributed by atoms with Gasteiger partial charge in [0.2, 0.25) is 5.91 Å². The summed E-state index contributed by atoms with van der Waals surface area (Å²) in [5, 5.41) is 9.68. The number of carbonyl (C=O) groups excluding carboxylic acids is 2. The maximum Gasteiger partial charge on any atom is 0.336 e. The van der Waals surface area contributed by atoms with Crippen molar-refractivity contribution in [3.05, 3.63) is 81.4 Å². The van der Waals surface area contributed by atoms with Gasteiger partial charge in [-0.05, 0) is 60.2 Å². The van der Waals surface area contributed by atoms with Gasteiger partial charge >= 0.3 is 5.97 Å². The Morgan fingerprint density at radius 2 is 1.90 bits per heavy atom. The number of hydrogen-bond acceptors (Lipinski definition) is 4. The normalized spacial score (nSPS) is 19.2. The maximum atomic E-state index is 13.1. The van der Waals surface area contributed by atoms with Crippen molar-refractivity contribution in [1.82, 2.24) is 9.55 Å². The molecule has 212 valence electrons. The second-order valence-electron chi connectivity index (χ2n) is 10.9. The molecular formula is C33H34BrN3O4. The molecule has 1 saturated carbocycles. The molecule has 2 aliphatic rings. The fourth-order valence-electron chi connectivity index (χ4n) is 5.84. The minimum Gasteiger partial charge on any atom is -0.478 e. The third-order valence-corrected chi connectivity index (χ3v) is 8.59. The first-order valence-corrected chi connectivity index (χ1v) is 15.1. The van der Waals surface area contributed by atoms with Gasteiger partial charge in [-0.2, -0.15) is 0 Å². The van der Waals surface area contributed by atoms with Gasteiger partial charge in [0.1, 0.15) is 12.1 Å². The number of benzene rings is 2. The van der Waals surface area contributed by atoms with Crippen molar-refractivity contribution >= 4 is 45.9 Å². The zero-order chi connectivity index (χ0) is 28.9. The number of nitrogens with zero attached hydrogens (tertiary/aromatic N) is 3. The first-order chi connectivity index (χ1) is 19.9. The lowest BCUT2D eigenvalue weighted by atomic mass is 9.79. The van der Waals surface area contributed by atoms with Crippen molar-refractivity contribution in [2.24, 2.45) is 16.8 Å². The smallest absolute Gasteiger partial charge is 0.336 e. The van der Waals surface area contributed by atoms with Crippen LogP contribution >= 0.6 is 15.9 Å². The number of aliphatic imine (C=N–C) groups is 1. The van der Waals surface area contributed by atoms with E-state index in [1.807, 2.05) is 48.6 Å². The second-order valence-corrected chi connectivity index (χ2v) is 11.8. The highest BCUT2D eigenvalue weighted by Gasteiger charge is 2.31. The molecule has 0 saturated heterocycles. The molecule has 2 aromatic carbocycles. The van der Waals surface area contributed by atoms with Crippen LogP contribution in [0.3, 0.4) is 0 Å². The Balaban J connectivity index is 1.41. The van der Waals surface area contributed by atoms with Crippen LogP contribution in [0, 0.1) is 11.8 Å². The number of rotatable bonds is 9. The highest BCUT2D eigenvalue weighted by atomic mass is 79.9. The largest absolute Gasteiger partial charge is 0.478 e. The molecule has 1 aromatic heterocycles. The zero-order valence-corrected chi connectivity index (χ0v) is 24.8. The topological polar surface area (TPSA) is 102 Å². The maximum absolute atomic E-state index is 13.1. The number of carboxylic acids is 1. The van der Waals surface area contributed by atoms with E-state index in [2.05, 4.69) is 32.4 Å². The summed E-state index contributed by atoms with van der Waals surface area (Å²) >= 11 is 3.36.